The molecule has 2 saturated heterocycles. The molecule has 2 aliphatic heterocycles. The Kier molecular flexibility index (Phi) is 15.7. The number of carbonyl (C=O) groups is 2. The quantitative estimate of drug-likeness (QED) is 0.196. The van der Waals surface area contributed by atoms with Gasteiger partial charge >= 0.3 is 22.6 Å². The van der Waals surface area contributed by atoms with Gasteiger partial charge in [-0.15, -0.1) is 0 Å². The largest absolute Gasteiger partial charge is 0.431 e. The maximum atomic E-state index is 13.2. The minimum Gasteiger partial charge on any atom is -0.431 e. The average Bonchev–Trinajstić information content (AvgIpc) is 3.92. The average molecular weight is 1060 g/mol. The molecule has 12 rings (SSSR count). The summed E-state index contributed by atoms with van der Waals surface area (Å²) >= 11 is 5.19. The highest BCUT2D eigenvalue weighted by molar-refractivity contribution is 6.62. The van der Waals surface area contributed by atoms with E-state index in [2.05, 4.69) is 40.1 Å². The van der Waals surface area contributed by atoms with E-state index < -0.39 is 11.2 Å². The minimum absolute atomic E-state index is 0.126. The van der Waals surface area contributed by atoms with E-state index in [0.29, 0.717) is 99.7 Å². The Bertz CT molecular complexity index is 2440. The monoisotopic (exact) mass is 1060 g/mol. The first-order chi connectivity index (χ1) is 35.8. The van der Waals surface area contributed by atoms with Crippen LogP contribution in [0.3, 0.4) is 0 Å². The molecule has 8 saturated carbocycles. The number of ether oxygens (including phenoxy) is 2. The van der Waals surface area contributed by atoms with Gasteiger partial charge in [-0.3, -0.25) is 4.79 Å². The number of halogens is 1. The lowest BCUT2D eigenvalue weighted by atomic mass is 9.43. The van der Waals surface area contributed by atoms with E-state index >= 15 is 0 Å². The molecule has 2 aromatic heterocycles. The zero-order valence-electron chi connectivity index (χ0n) is 46.0. The van der Waals surface area contributed by atoms with E-state index in [1.165, 1.54) is 50.7 Å². The first kappa shape index (κ1) is 55.1. The molecule has 2 unspecified atom stereocenters. The number of nitrogens with zero attached hydrogens (tertiary/aromatic N) is 3. The predicted octanol–water partition coefficient (Wildman–Crippen LogP) is 9.78. The van der Waals surface area contributed by atoms with Gasteiger partial charge in [0.1, 0.15) is 0 Å². The molecule has 3 N–H and O–H groups in total. The first-order valence-electron chi connectivity index (χ1n) is 29.2. The van der Waals surface area contributed by atoms with Gasteiger partial charge in [0.25, 0.3) is 0 Å². The lowest BCUT2D eigenvalue weighted by Crippen LogP contribution is -2.62. The Labute approximate surface area is 450 Å². The Balaban J connectivity index is 0.000000150. The summed E-state index contributed by atoms with van der Waals surface area (Å²) in [5.41, 5.74) is 0.556. The van der Waals surface area contributed by atoms with Crippen molar-refractivity contribution in [2.24, 2.45) is 57.2 Å². The van der Waals surface area contributed by atoms with E-state index in [-0.39, 0.29) is 50.7 Å². The highest BCUT2D eigenvalue weighted by Crippen LogP contribution is 2.72. The molecule has 14 nitrogen and oxygen atoms in total. The lowest BCUT2D eigenvalue weighted by Gasteiger charge is -2.64. The number of nitrogens with one attached hydrogen (secondary N) is 1. The second kappa shape index (κ2) is 21.4. The zero-order valence-corrected chi connectivity index (χ0v) is 46.8. The summed E-state index contributed by atoms with van der Waals surface area (Å²) in [6.45, 7) is 14.8. The zero-order chi connectivity index (χ0) is 53.1. The molecule has 416 valence electrons. The molecule has 8 aliphatic carbocycles. The molecule has 0 aromatic carbocycles. The molecular weight excluding hydrogens is 972 g/mol. The van der Waals surface area contributed by atoms with Crippen LogP contribution in [-0.4, -0.2) is 126 Å². The van der Waals surface area contributed by atoms with Crippen LogP contribution >= 0.6 is 11.6 Å². The standard InChI is InChI=1S/C30H44N2O5.C25H37NO3.C5H8ClNO2/c1-28-11-8-22(31(3)27(34)32-14-16-36-17-15-32)18-21(28)5-6-25-24(28)9-12-29(2)23(10-13-30(25,29)35)20-4-7-26(33)37-19-20;1-23-11-8-18(26-3)14-17(23)5-6-21-20(23)9-12-24(2)19(10-13-25(21,24)28)16-4-7-22(27)29-15-16;6-5(8)7-1-3-9-4-2-7/h4,7,19,21-25,35H,5-6,8-18H2,1-3H3;4,7,15,17-21,26,28H,5-6,8-14H2,1-3H3;1-4H2/t21-,22?,23-,24+,25-,28+,29-,30+;17-,18?,19-,20+,21-,23+,24-,25+;/m11./s1. The van der Waals surface area contributed by atoms with Crippen LogP contribution < -0.4 is 16.6 Å². The Morgan fingerprint density at radius 3 is 1.51 bits per heavy atom. The molecule has 0 radical (unpaired) electrons. The molecule has 16 atom stereocenters. The second-order valence-electron chi connectivity index (χ2n) is 26.2. The first-order valence-corrected chi connectivity index (χ1v) is 29.6. The van der Waals surface area contributed by atoms with Crippen molar-refractivity contribution in [3.63, 3.8) is 0 Å². The van der Waals surface area contributed by atoms with Gasteiger partial charge < -0.3 is 48.5 Å². The third-order valence-electron chi connectivity index (χ3n) is 23.7. The van der Waals surface area contributed by atoms with E-state index in [0.717, 1.165) is 94.1 Å². The van der Waals surface area contributed by atoms with Gasteiger partial charge in [0.15, 0.2) is 0 Å². The number of aliphatic hydroxyl groups is 2. The summed E-state index contributed by atoms with van der Waals surface area (Å²) in [5, 5.41) is 27.9. The third kappa shape index (κ3) is 9.58. The van der Waals surface area contributed by atoms with Crippen molar-refractivity contribution in [2.75, 3.05) is 66.7 Å². The molecule has 15 heteroatoms. The van der Waals surface area contributed by atoms with Crippen molar-refractivity contribution in [1.29, 1.82) is 0 Å². The number of urea groups is 1. The number of rotatable bonds is 4. The van der Waals surface area contributed by atoms with Crippen molar-refractivity contribution >= 4 is 23.0 Å². The van der Waals surface area contributed by atoms with Crippen molar-refractivity contribution in [1.82, 2.24) is 20.0 Å². The Morgan fingerprint density at radius 2 is 1.07 bits per heavy atom. The van der Waals surface area contributed by atoms with E-state index in [4.69, 9.17) is 29.9 Å². The predicted molar refractivity (Wildman–Crippen MR) is 288 cm³/mol. The molecule has 4 heterocycles. The van der Waals surface area contributed by atoms with Crippen LogP contribution in [0, 0.1) is 57.2 Å². The highest BCUT2D eigenvalue weighted by atomic mass is 35.5. The summed E-state index contributed by atoms with van der Waals surface area (Å²) in [5.74, 6) is 3.80. The SMILES string of the molecule is CN(C(=O)N1CCOCC1)C1CC[C@@]2(C)[C@H](CC[C@@H]3[C@@H]2CC[C@]2(C)[C@@H](c4ccc(=O)oc4)CC[C@]32O)C1.CNC1CC[C@@]2(C)[C@H](CC[C@@H]3[C@@H]2CC[C@]2(C)[C@@H](c4ccc(=O)oc4)CC[C@]32O)C1.O=C(Cl)N1CCOCC1. The number of morpholine rings is 2. The summed E-state index contributed by atoms with van der Waals surface area (Å²) < 4.78 is 20.9. The van der Waals surface area contributed by atoms with Gasteiger partial charge in [0.2, 0.25) is 0 Å². The van der Waals surface area contributed by atoms with Crippen LogP contribution in [0.25, 0.3) is 0 Å². The minimum atomic E-state index is -0.676. The summed E-state index contributed by atoms with van der Waals surface area (Å²) in [4.78, 5) is 52.1. The Morgan fingerprint density at radius 1 is 0.600 bits per heavy atom. The van der Waals surface area contributed by atoms with Crippen LogP contribution in [-0.2, 0) is 9.47 Å². The molecule has 2 aromatic rings. The number of fused-ring (bicyclic) bond motifs is 10. The van der Waals surface area contributed by atoms with E-state index in [1.807, 2.05) is 29.0 Å². The van der Waals surface area contributed by atoms with Crippen molar-refractivity contribution in [3.8, 4) is 0 Å². The van der Waals surface area contributed by atoms with Gasteiger partial charge in [-0.1, -0.05) is 27.7 Å². The van der Waals surface area contributed by atoms with Gasteiger partial charge in [0.05, 0.1) is 50.2 Å². The summed E-state index contributed by atoms with van der Waals surface area (Å²) in [7, 11) is 4.11. The lowest BCUT2D eigenvalue weighted by molar-refractivity contribution is -0.203. The van der Waals surface area contributed by atoms with Crippen molar-refractivity contribution < 1.29 is 38.1 Å². The van der Waals surface area contributed by atoms with Crippen LogP contribution in [0.1, 0.15) is 166 Å². The van der Waals surface area contributed by atoms with E-state index in [9.17, 15) is 29.4 Å². The van der Waals surface area contributed by atoms with Crippen molar-refractivity contribution in [2.45, 2.75) is 178 Å². The van der Waals surface area contributed by atoms with Crippen LogP contribution in [0.4, 0.5) is 9.59 Å². The number of carbonyl (C=O) groups excluding carboxylic acids is 2. The second-order valence-corrected chi connectivity index (χ2v) is 26.6. The fourth-order valence-corrected chi connectivity index (χ4v) is 19.3. The fourth-order valence-electron chi connectivity index (χ4n) is 19.1. The maximum absolute atomic E-state index is 13.2. The molecule has 75 heavy (non-hydrogen) atoms. The van der Waals surface area contributed by atoms with Gasteiger partial charge in [-0.25, -0.2) is 14.4 Å². The molecule has 10 fully saturated rings. The van der Waals surface area contributed by atoms with Crippen LogP contribution in [0.2, 0.25) is 0 Å². The van der Waals surface area contributed by atoms with Crippen LogP contribution in [0.15, 0.2) is 55.2 Å². The smallest absolute Gasteiger partial charge is 0.335 e. The fraction of sp³-hybridized carbons (Fsp3) is 0.800. The number of hydrogen-bond acceptors (Lipinski definition) is 11. The van der Waals surface area contributed by atoms with Crippen LogP contribution in [0.5, 0.6) is 0 Å². The summed E-state index contributed by atoms with van der Waals surface area (Å²) in [6, 6.07) is 8.02. The number of hydrogen-bond donors (Lipinski definition) is 3. The molecular formula is C60H89ClN4O10. The van der Waals surface area contributed by atoms with Crippen molar-refractivity contribution in [3.05, 3.63) is 68.8 Å². The number of amides is 3. The molecule has 10 aliphatic rings. The summed E-state index contributed by atoms with van der Waals surface area (Å²) in [6.07, 6.45) is 23.2. The third-order valence-corrected chi connectivity index (χ3v) is 24.0. The normalized spacial score (nSPS) is 42.8. The molecule has 0 bridgehead atoms. The molecule has 0 spiro atoms. The highest BCUT2D eigenvalue weighted by Gasteiger charge is 2.69. The molecule has 3 amide bonds. The topological polar surface area (TPSA) is 175 Å². The van der Waals surface area contributed by atoms with E-state index in [1.54, 1.807) is 17.4 Å². The van der Waals surface area contributed by atoms with Gasteiger partial charge in [-0.05, 0) is 216 Å². The van der Waals surface area contributed by atoms with Gasteiger partial charge in [-0.2, -0.15) is 0 Å². The Hall–Kier alpha value is -3.27. The van der Waals surface area contributed by atoms with Gasteiger partial charge in [0, 0.05) is 68.3 Å². The maximum Gasteiger partial charge on any atom is 0.335 e.